The van der Waals surface area contributed by atoms with Crippen LogP contribution in [0.5, 0.6) is 0 Å². The molecule has 0 unspecified atom stereocenters. The third-order valence-electron chi connectivity index (χ3n) is 2.78. The minimum atomic E-state index is -3.69. The Kier molecular flexibility index (Phi) is 2.49. The minimum Gasteiger partial charge on any atom is -0.354 e. The number of aromatic amines is 2. The zero-order chi connectivity index (χ0) is 13.5. The fourth-order valence-corrected chi connectivity index (χ4v) is 3.25. The molecule has 0 amide bonds. The number of rotatable bonds is 2. The molecule has 7 heteroatoms. The van der Waals surface area contributed by atoms with E-state index in [9.17, 15) is 13.2 Å². The maximum Gasteiger partial charge on any atom is 0.275 e. The van der Waals surface area contributed by atoms with E-state index in [2.05, 4.69) is 15.0 Å². The van der Waals surface area contributed by atoms with E-state index in [0.29, 0.717) is 0 Å². The van der Waals surface area contributed by atoms with Crippen molar-refractivity contribution in [3.05, 3.63) is 53.2 Å². The molecule has 3 aromatic rings. The van der Waals surface area contributed by atoms with Gasteiger partial charge in [0.1, 0.15) is 15.9 Å². The summed E-state index contributed by atoms with van der Waals surface area (Å²) in [5, 5.41) is 0. The summed E-state index contributed by atoms with van der Waals surface area (Å²) in [7, 11) is -3.69. The molecule has 2 aromatic heterocycles. The van der Waals surface area contributed by atoms with E-state index in [1.807, 2.05) is 0 Å². The largest absolute Gasteiger partial charge is 0.354 e. The summed E-state index contributed by atoms with van der Waals surface area (Å²) in [5.41, 5.74) is -0.107. The predicted octanol–water partition coefficient (Wildman–Crippen LogP) is 1.08. The molecule has 0 atom stereocenters. The minimum absolute atomic E-state index is 0.000185. The van der Waals surface area contributed by atoms with Crippen LogP contribution >= 0.6 is 0 Å². The van der Waals surface area contributed by atoms with Gasteiger partial charge in [0, 0.05) is 6.20 Å². The number of sulfone groups is 1. The lowest BCUT2D eigenvalue weighted by Gasteiger charge is -2.01. The Morgan fingerprint density at radius 2 is 1.79 bits per heavy atom. The molecule has 2 N–H and O–H groups in total. The number of nitrogens with zero attached hydrogens (tertiary/aromatic N) is 1. The number of hydrogen-bond acceptors (Lipinski definition) is 4. The van der Waals surface area contributed by atoms with Crippen LogP contribution in [0.2, 0.25) is 0 Å². The maximum absolute atomic E-state index is 12.4. The Morgan fingerprint density at radius 3 is 2.53 bits per heavy atom. The van der Waals surface area contributed by atoms with Gasteiger partial charge in [0.25, 0.3) is 5.56 Å². The molecular weight excluding hydrogens is 266 g/mol. The molecule has 3 rings (SSSR count). The van der Waals surface area contributed by atoms with E-state index in [0.717, 1.165) is 0 Å². The summed E-state index contributed by atoms with van der Waals surface area (Å²) in [6.07, 6.45) is 2.47. The van der Waals surface area contributed by atoms with E-state index < -0.39 is 15.4 Å². The second kappa shape index (κ2) is 4.06. The van der Waals surface area contributed by atoms with Gasteiger partial charge in [-0.05, 0) is 12.1 Å². The summed E-state index contributed by atoms with van der Waals surface area (Å²) in [6, 6.07) is 8.02. The first kappa shape index (κ1) is 11.7. The molecule has 96 valence electrons. The number of nitrogens with one attached hydrogen (secondary N) is 2. The Morgan fingerprint density at radius 1 is 1.05 bits per heavy atom. The Labute approximate surface area is 108 Å². The molecule has 0 aliphatic carbocycles. The summed E-state index contributed by atoms with van der Waals surface area (Å²) in [4.78, 5) is 20.7. The summed E-state index contributed by atoms with van der Waals surface area (Å²) in [5.74, 6) is 0. The second-order valence-electron chi connectivity index (χ2n) is 3.92. The molecule has 6 nitrogen and oxygen atoms in total. The predicted molar refractivity (Wildman–Crippen MR) is 68.6 cm³/mol. The first-order valence-corrected chi connectivity index (χ1v) is 6.94. The molecule has 2 heterocycles. The van der Waals surface area contributed by atoms with Gasteiger partial charge in [0.05, 0.1) is 11.2 Å². The number of aromatic nitrogens is 3. The van der Waals surface area contributed by atoms with E-state index in [1.165, 1.54) is 24.7 Å². The third kappa shape index (κ3) is 1.75. The normalized spacial score (nSPS) is 11.8. The van der Waals surface area contributed by atoms with E-state index >= 15 is 0 Å². The molecule has 0 radical (unpaired) electrons. The van der Waals surface area contributed by atoms with Crippen molar-refractivity contribution in [2.75, 3.05) is 0 Å². The van der Waals surface area contributed by atoms with Crippen molar-refractivity contribution in [1.82, 2.24) is 15.0 Å². The van der Waals surface area contributed by atoms with E-state index in [1.54, 1.807) is 18.2 Å². The average Bonchev–Trinajstić information content (AvgIpc) is 2.86. The van der Waals surface area contributed by atoms with Gasteiger partial charge in [-0.1, -0.05) is 18.2 Å². The van der Waals surface area contributed by atoms with Crippen molar-refractivity contribution in [1.29, 1.82) is 0 Å². The van der Waals surface area contributed by atoms with Crippen molar-refractivity contribution < 1.29 is 8.42 Å². The van der Waals surface area contributed by atoms with Crippen LogP contribution in [0.15, 0.2) is 57.4 Å². The van der Waals surface area contributed by atoms with Gasteiger partial charge in [0.15, 0.2) is 0 Å². The topological polar surface area (TPSA) is 95.7 Å². The molecule has 0 aliphatic rings. The highest BCUT2D eigenvalue weighted by atomic mass is 32.2. The average molecular weight is 275 g/mol. The highest BCUT2D eigenvalue weighted by Gasteiger charge is 2.23. The fraction of sp³-hybridized carbons (Fsp3) is 0. The quantitative estimate of drug-likeness (QED) is 0.731. The van der Waals surface area contributed by atoms with Crippen molar-refractivity contribution in [3.63, 3.8) is 0 Å². The lowest BCUT2D eigenvalue weighted by atomic mass is 10.4. The fourth-order valence-electron chi connectivity index (χ4n) is 1.86. The Hall–Kier alpha value is -2.41. The van der Waals surface area contributed by atoms with Crippen LogP contribution in [-0.4, -0.2) is 23.4 Å². The monoisotopic (exact) mass is 275 g/mol. The first-order chi connectivity index (χ1) is 9.10. The van der Waals surface area contributed by atoms with Gasteiger partial charge in [0.2, 0.25) is 9.84 Å². The van der Waals surface area contributed by atoms with Gasteiger partial charge in [-0.15, -0.1) is 0 Å². The van der Waals surface area contributed by atoms with Crippen molar-refractivity contribution in [2.45, 2.75) is 9.79 Å². The summed E-state index contributed by atoms with van der Waals surface area (Å²) < 4.78 is 24.9. The van der Waals surface area contributed by atoms with Gasteiger partial charge >= 0.3 is 0 Å². The zero-order valence-corrected chi connectivity index (χ0v) is 10.4. The van der Waals surface area contributed by atoms with Gasteiger partial charge in [-0.3, -0.25) is 4.79 Å². The van der Waals surface area contributed by atoms with Crippen LogP contribution in [-0.2, 0) is 9.84 Å². The molecule has 19 heavy (non-hydrogen) atoms. The highest BCUT2D eigenvalue weighted by Crippen LogP contribution is 2.24. The van der Waals surface area contributed by atoms with E-state index in [-0.39, 0.29) is 20.8 Å². The van der Waals surface area contributed by atoms with Gasteiger partial charge in [-0.25, -0.2) is 13.4 Å². The van der Waals surface area contributed by atoms with Crippen molar-refractivity contribution >= 4 is 20.9 Å². The lowest BCUT2D eigenvalue weighted by Crippen LogP contribution is -2.07. The van der Waals surface area contributed by atoms with Crippen molar-refractivity contribution in [2.24, 2.45) is 0 Å². The lowest BCUT2D eigenvalue weighted by molar-refractivity contribution is 0.597. The Balaban J connectivity index is 2.32. The van der Waals surface area contributed by atoms with Gasteiger partial charge < -0.3 is 9.97 Å². The number of hydrogen-bond donors (Lipinski definition) is 2. The number of benzene rings is 1. The first-order valence-electron chi connectivity index (χ1n) is 5.45. The maximum atomic E-state index is 12.4. The van der Waals surface area contributed by atoms with Crippen molar-refractivity contribution in [3.8, 4) is 0 Å². The standard InChI is InChI=1S/C12H9N3O3S/c16-12-11-10(14-7-15-12)9(6-13-11)19(17,18)8-4-2-1-3-5-8/h1-7,13H,(H,14,15,16). The highest BCUT2D eigenvalue weighted by molar-refractivity contribution is 7.91. The molecule has 0 saturated heterocycles. The molecule has 0 bridgehead atoms. The SMILES string of the molecule is O=c1[nH]cnc2c(S(=O)(=O)c3ccccc3)c[nH]c12. The Bertz CT molecular complexity index is 895. The molecular formula is C12H9N3O3S. The third-order valence-corrected chi connectivity index (χ3v) is 4.56. The van der Waals surface area contributed by atoms with Crippen LogP contribution in [0.1, 0.15) is 0 Å². The molecule has 1 aromatic carbocycles. The van der Waals surface area contributed by atoms with Crippen LogP contribution in [0, 0.1) is 0 Å². The molecule has 0 spiro atoms. The van der Waals surface area contributed by atoms with Crippen LogP contribution in [0.25, 0.3) is 11.0 Å². The molecule has 0 saturated carbocycles. The second-order valence-corrected chi connectivity index (χ2v) is 5.84. The van der Waals surface area contributed by atoms with Crippen LogP contribution in [0.4, 0.5) is 0 Å². The van der Waals surface area contributed by atoms with Crippen LogP contribution < -0.4 is 5.56 Å². The van der Waals surface area contributed by atoms with Gasteiger partial charge in [-0.2, -0.15) is 0 Å². The smallest absolute Gasteiger partial charge is 0.275 e. The summed E-state index contributed by atoms with van der Waals surface area (Å²) >= 11 is 0. The summed E-state index contributed by atoms with van der Waals surface area (Å²) in [6.45, 7) is 0. The van der Waals surface area contributed by atoms with Crippen LogP contribution in [0.3, 0.4) is 0 Å². The molecule has 0 aliphatic heterocycles. The van der Waals surface area contributed by atoms with E-state index in [4.69, 9.17) is 0 Å². The number of fused-ring (bicyclic) bond motifs is 1. The zero-order valence-electron chi connectivity index (χ0n) is 9.62. The molecule has 0 fully saturated rings. The number of H-pyrrole nitrogens is 2.